The Kier molecular flexibility index (Phi) is 6.08. The van der Waals surface area contributed by atoms with Gasteiger partial charge in [-0.25, -0.2) is 9.69 Å². The molecule has 1 aromatic heterocycles. The third kappa shape index (κ3) is 3.98. The first-order chi connectivity index (χ1) is 15.7. The van der Waals surface area contributed by atoms with Crippen LogP contribution in [-0.4, -0.2) is 33.5 Å². The van der Waals surface area contributed by atoms with Gasteiger partial charge in [0.25, 0.3) is 0 Å². The van der Waals surface area contributed by atoms with Gasteiger partial charge in [0, 0.05) is 15.6 Å². The number of ether oxygens (including phenoxy) is 1. The molecule has 0 radical (unpaired) electrons. The maximum Gasteiger partial charge on any atom is 0.161 e. The van der Waals surface area contributed by atoms with Gasteiger partial charge in [0.15, 0.2) is 6.23 Å². The van der Waals surface area contributed by atoms with E-state index in [1.807, 2.05) is 77.3 Å². The molecule has 3 aromatic carbocycles. The molecule has 1 aliphatic heterocycles. The summed E-state index contributed by atoms with van der Waals surface area (Å²) < 4.78 is 10.2. The molecule has 0 aliphatic carbocycles. The van der Waals surface area contributed by atoms with Crippen LogP contribution in [0.25, 0.3) is 11.0 Å². The predicted octanol–water partition coefficient (Wildman–Crippen LogP) is 5.86. The monoisotopic (exact) mass is 553 g/mol. The normalized spacial score (nSPS) is 18.3. The lowest BCUT2D eigenvalue weighted by Crippen LogP contribution is -2.38. The van der Waals surface area contributed by atoms with E-state index < -0.39 is 0 Å². The van der Waals surface area contributed by atoms with Crippen molar-refractivity contribution in [1.82, 2.24) is 15.0 Å². The summed E-state index contributed by atoms with van der Waals surface area (Å²) >= 11 is 7.24. The second-order valence-electron chi connectivity index (χ2n) is 7.50. The van der Waals surface area contributed by atoms with E-state index in [1.165, 1.54) is 0 Å². The molecule has 2 atom stereocenters. The van der Waals surface area contributed by atoms with Crippen molar-refractivity contribution in [2.75, 3.05) is 11.6 Å². The van der Waals surface area contributed by atoms with Crippen LogP contribution >= 0.6 is 31.9 Å². The average Bonchev–Trinajstić information content (AvgIpc) is 3.37. The van der Waals surface area contributed by atoms with E-state index >= 15 is 0 Å². The Morgan fingerprint density at radius 3 is 2.53 bits per heavy atom. The Morgan fingerprint density at radius 1 is 0.969 bits per heavy atom. The fraction of sp³-hybridized carbons (Fsp3) is 0.208. The first-order valence-corrected chi connectivity index (χ1v) is 12.0. The van der Waals surface area contributed by atoms with Crippen LogP contribution in [0, 0.1) is 5.92 Å². The number of benzene rings is 3. The van der Waals surface area contributed by atoms with Gasteiger partial charge < -0.3 is 4.74 Å². The molecular weight excluding hydrogens is 534 g/mol. The van der Waals surface area contributed by atoms with Crippen LogP contribution in [0.15, 0.2) is 86.8 Å². The van der Waals surface area contributed by atoms with Crippen molar-refractivity contribution >= 4 is 54.3 Å². The van der Waals surface area contributed by atoms with Crippen LogP contribution < -0.4 is 5.01 Å². The van der Waals surface area contributed by atoms with Crippen LogP contribution in [0.2, 0.25) is 0 Å². The molecule has 6 nitrogen and oxygen atoms in total. The van der Waals surface area contributed by atoms with E-state index in [0.717, 1.165) is 36.9 Å². The minimum Gasteiger partial charge on any atom is -0.356 e. The largest absolute Gasteiger partial charge is 0.356 e. The second-order valence-corrected chi connectivity index (χ2v) is 9.27. The van der Waals surface area contributed by atoms with Gasteiger partial charge in [0.05, 0.1) is 29.4 Å². The number of anilines is 1. The number of hydrazone groups is 1. The fourth-order valence-electron chi connectivity index (χ4n) is 4.06. The summed E-state index contributed by atoms with van der Waals surface area (Å²) in [4.78, 5) is 0. The Labute approximate surface area is 203 Å². The van der Waals surface area contributed by atoms with E-state index in [0.29, 0.717) is 13.2 Å². The standard InChI is InChI=1S/C24H21Br2N5O/c1-2-32-24-18(15-30-22-11-7-6-10-20(22)27-29-30)23(16-8-4-3-5-9-16)28-31(24)21-13-12-17(25)14-19(21)26/h3-14,18,24H,2,15H2,1H3/t18-,24+/m0/s1. The summed E-state index contributed by atoms with van der Waals surface area (Å²) in [7, 11) is 0. The van der Waals surface area contributed by atoms with Gasteiger partial charge >= 0.3 is 0 Å². The lowest BCUT2D eigenvalue weighted by atomic mass is 9.95. The van der Waals surface area contributed by atoms with Crippen molar-refractivity contribution in [3.05, 3.63) is 87.3 Å². The fourth-order valence-corrected chi connectivity index (χ4v) is 5.29. The number of hydrogen-bond acceptors (Lipinski definition) is 5. The Hall–Kier alpha value is -2.55. The predicted molar refractivity (Wildman–Crippen MR) is 134 cm³/mol. The number of aromatic nitrogens is 3. The van der Waals surface area contributed by atoms with Gasteiger partial charge in [-0.1, -0.05) is 63.6 Å². The molecule has 4 aromatic rings. The summed E-state index contributed by atoms with van der Waals surface area (Å²) in [6.07, 6.45) is -0.282. The highest BCUT2D eigenvalue weighted by Crippen LogP contribution is 2.38. The zero-order valence-corrected chi connectivity index (χ0v) is 20.6. The van der Waals surface area contributed by atoms with E-state index in [4.69, 9.17) is 9.84 Å². The number of hydrogen-bond donors (Lipinski definition) is 0. The molecule has 0 unspecified atom stereocenters. The zero-order valence-electron chi connectivity index (χ0n) is 17.4. The van der Waals surface area contributed by atoms with Crippen molar-refractivity contribution in [3.63, 3.8) is 0 Å². The minimum atomic E-state index is -0.282. The van der Waals surface area contributed by atoms with Gasteiger partial charge in [-0.05, 0) is 58.7 Å². The maximum atomic E-state index is 6.30. The molecule has 0 amide bonds. The van der Waals surface area contributed by atoms with Gasteiger partial charge in [-0.15, -0.1) is 5.10 Å². The van der Waals surface area contributed by atoms with Crippen molar-refractivity contribution in [1.29, 1.82) is 0 Å². The van der Waals surface area contributed by atoms with Crippen molar-refractivity contribution in [2.24, 2.45) is 11.0 Å². The number of fused-ring (bicyclic) bond motifs is 1. The number of halogens is 2. The lowest BCUT2D eigenvalue weighted by Gasteiger charge is -2.28. The summed E-state index contributed by atoms with van der Waals surface area (Å²) in [5.74, 6) is -0.0435. The molecule has 5 rings (SSSR count). The van der Waals surface area contributed by atoms with E-state index in [9.17, 15) is 0 Å². The molecule has 0 fully saturated rings. The number of rotatable bonds is 6. The van der Waals surface area contributed by atoms with Crippen molar-refractivity contribution < 1.29 is 4.74 Å². The first kappa shape index (κ1) is 21.3. The van der Waals surface area contributed by atoms with E-state index in [-0.39, 0.29) is 12.1 Å². The molecule has 0 spiro atoms. The molecule has 1 aliphatic rings. The molecule has 162 valence electrons. The molecule has 0 N–H and O–H groups in total. The highest BCUT2D eigenvalue weighted by atomic mass is 79.9. The minimum absolute atomic E-state index is 0.0435. The van der Waals surface area contributed by atoms with Gasteiger partial charge in [0.2, 0.25) is 0 Å². The quantitative estimate of drug-likeness (QED) is 0.299. The van der Waals surface area contributed by atoms with E-state index in [1.54, 1.807) is 0 Å². The summed E-state index contributed by atoms with van der Waals surface area (Å²) in [5.41, 5.74) is 4.87. The molecule has 0 saturated heterocycles. The zero-order chi connectivity index (χ0) is 22.1. The third-order valence-corrected chi connectivity index (χ3v) is 6.63. The molecule has 2 heterocycles. The molecule has 0 saturated carbocycles. The third-order valence-electron chi connectivity index (χ3n) is 5.51. The maximum absolute atomic E-state index is 6.30. The number of para-hydroxylation sites is 1. The molecule has 0 bridgehead atoms. The van der Waals surface area contributed by atoms with Crippen LogP contribution in [0.5, 0.6) is 0 Å². The molecule has 32 heavy (non-hydrogen) atoms. The van der Waals surface area contributed by atoms with Crippen LogP contribution in [-0.2, 0) is 11.3 Å². The second kappa shape index (κ2) is 9.13. The topological polar surface area (TPSA) is 55.5 Å². The van der Waals surface area contributed by atoms with Crippen LogP contribution in [0.1, 0.15) is 12.5 Å². The lowest BCUT2D eigenvalue weighted by molar-refractivity contribution is 0.0395. The summed E-state index contributed by atoms with van der Waals surface area (Å²) in [6.45, 7) is 3.18. The van der Waals surface area contributed by atoms with Crippen molar-refractivity contribution in [3.8, 4) is 0 Å². The Morgan fingerprint density at radius 2 is 1.75 bits per heavy atom. The van der Waals surface area contributed by atoms with Gasteiger partial charge in [0.1, 0.15) is 5.52 Å². The highest BCUT2D eigenvalue weighted by Gasteiger charge is 2.40. The van der Waals surface area contributed by atoms with Crippen LogP contribution in [0.4, 0.5) is 5.69 Å². The Bertz CT molecular complexity index is 1270. The molecule has 8 heteroatoms. The SMILES string of the molecule is CCO[C@@H]1[C@@H](Cn2nnc3ccccc32)C(c2ccccc2)=NN1c1ccc(Br)cc1Br. The summed E-state index contributed by atoms with van der Waals surface area (Å²) in [5, 5.41) is 15.8. The average molecular weight is 555 g/mol. The Balaban J connectivity index is 1.61. The van der Waals surface area contributed by atoms with E-state index in [2.05, 4.69) is 54.3 Å². The smallest absolute Gasteiger partial charge is 0.161 e. The van der Waals surface area contributed by atoms with Crippen LogP contribution in [0.3, 0.4) is 0 Å². The number of nitrogens with zero attached hydrogens (tertiary/aromatic N) is 5. The summed E-state index contributed by atoms with van der Waals surface area (Å²) in [6, 6.07) is 24.4. The molecular formula is C24H21Br2N5O. The highest BCUT2D eigenvalue weighted by molar-refractivity contribution is 9.11. The van der Waals surface area contributed by atoms with Gasteiger partial charge in [-0.3, -0.25) is 0 Å². The van der Waals surface area contributed by atoms with Crippen molar-refractivity contribution in [2.45, 2.75) is 19.7 Å². The van der Waals surface area contributed by atoms with Gasteiger partial charge in [-0.2, -0.15) is 5.10 Å². The first-order valence-electron chi connectivity index (χ1n) is 10.4.